The van der Waals surface area contributed by atoms with Gasteiger partial charge in [0.25, 0.3) is 5.91 Å². The Kier molecular flexibility index (Phi) is 6.50. The molecule has 0 aromatic heterocycles. The third-order valence-corrected chi connectivity index (χ3v) is 7.63. The highest BCUT2D eigenvalue weighted by Crippen LogP contribution is 2.29. The first-order chi connectivity index (χ1) is 14.1. The van der Waals surface area contributed by atoms with Crippen molar-refractivity contribution in [1.29, 1.82) is 0 Å². The zero-order chi connectivity index (χ0) is 22.1. The van der Waals surface area contributed by atoms with Crippen LogP contribution in [-0.2, 0) is 10.0 Å². The van der Waals surface area contributed by atoms with E-state index in [0.29, 0.717) is 29.9 Å². The second-order valence-corrected chi connectivity index (χ2v) is 9.87. The number of hydrogen-bond acceptors (Lipinski definition) is 4. The predicted molar refractivity (Wildman–Crippen MR) is 116 cm³/mol. The van der Waals surface area contributed by atoms with E-state index in [1.807, 2.05) is 6.92 Å². The summed E-state index contributed by atoms with van der Waals surface area (Å²) >= 11 is 6.19. The molecule has 2 amide bonds. The normalized spacial score (nSPS) is 17.5. The van der Waals surface area contributed by atoms with Gasteiger partial charge >= 0.3 is 0 Å². The Labute approximate surface area is 181 Å². The highest BCUT2D eigenvalue weighted by molar-refractivity contribution is 7.89. The first-order valence-corrected chi connectivity index (χ1v) is 11.4. The lowest BCUT2D eigenvalue weighted by Crippen LogP contribution is -2.39. The molecule has 1 fully saturated rings. The molecule has 2 aromatic rings. The third kappa shape index (κ3) is 4.50. The fourth-order valence-electron chi connectivity index (χ4n) is 3.58. The Hall–Kier alpha value is -2.42. The van der Waals surface area contributed by atoms with E-state index in [1.54, 1.807) is 25.1 Å². The molecule has 160 valence electrons. The lowest BCUT2D eigenvalue weighted by atomic mass is 10.0. The highest BCUT2D eigenvalue weighted by Gasteiger charge is 2.31. The molecular weight excluding hydrogens is 426 g/mol. The van der Waals surface area contributed by atoms with Gasteiger partial charge in [-0.15, -0.1) is 0 Å². The standard InChI is InChI=1S/C21H24ClN3O4S/c1-13-5-4-10-25(12-13)30(28,29)19-11-15(8-9-17(19)22)21(27)24-18-7-3-6-16(14(18)2)20(23)26/h3,6-9,11,13H,4-5,10,12H2,1-2H3,(H2,23,26)(H,24,27). The Morgan fingerprint density at radius 1 is 1.23 bits per heavy atom. The Bertz CT molecular complexity index is 1100. The van der Waals surface area contributed by atoms with Gasteiger partial charge in [-0.25, -0.2) is 8.42 Å². The summed E-state index contributed by atoms with van der Waals surface area (Å²) in [6, 6.07) is 8.98. The molecule has 0 bridgehead atoms. The number of amides is 2. The molecule has 7 nitrogen and oxygen atoms in total. The number of primary amides is 1. The van der Waals surface area contributed by atoms with Crippen molar-refractivity contribution in [2.45, 2.75) is 31.6 Å². The number of nitrogens with zero attached hydrogens (tertiary/aromatic N) is 1. The van der Waals surface area contributed by atoms with Gasteiger partial charge in [-0.05, 0) is 61.6 Å². The molecule has 1 atom stereocenters. The molecule has 9 heteroatoms. The number of nitrogens with one attached hydrogen (secondary N) is 1. The molecular formula is C21H24ClN3O4S. The van der Waals surface area contributed by atoms with E-state index >= 15 is 0 Å². The molecule has 0 saturated carbocycles. The van der Waals surface area contributed by atoms with Crippen molar-refractivity contribution in [3.63, 3.8) is 0 Å². The van der Waals surface area contributed by atoms with E-state index < -0.39 is 21.8 Å². The molecule has 1 saturated heterocycles. The van der Waals surface area contributed by atoms with E-state index in [4.69, 9.17) is 17.3 Å². The molecule has 30 heavy (non-hydrogen) atoms. The van der Waals surface area contributed by atoms with Gasteiger partial charge in [-0.1, -0.05) is 24.6 Å². The molecule has 3 rings (SSSR count). The number of halogens is 1. The van der Waals surface area contributed by atoms with Crippen molar-refractivity contribution in [2.75, 3.05) is 18.4 Å². The Morgan fingerprint density at radius 3 is 2.63 bits per heavy atom. The number of anilines is 1. The van der Waals surface area contributed by atoms with Gasteiger partial charge < -0.3 is 11.1 Å². The van der Waals surface area contributed by atoms with Crippen LogP contribution < -0.4 is 11.1 Å². The minimum absolute atomic E-state index is 0.0664. The van der Waals surface area contributed by atoms with Gasteiger partial charge in [0.05, 0.1) is 5.02 Å². The summed E-state index contributed by atoms with van der Waals surface area (Å²) in [5.74, 6) is -0.849. The summed E-state index contributed by atoms with van der Waals surface area (Å²) in [5, 5.41) is 2.77. The fraction of sp³-hybridized carbons (Fsp3) is 0.333. The molecule has 0 radical (unpaired) electrons. The number of carbonyl (C=O) groups is 2. The second kappa shape index (κ2) is 8.75. The van der Waals surface area contributed by atoms with E-state index in [-0.39, 0.29) is 21.4 Å². The van der Waals surface area contributed by atoms with Crippen LogP contribution >= 0.6 is 11.6 Å². The molecule has 1 unspecified atom stereocenters. The molecule has 3 N–H and O–H groups in total. The van der Waals surface area contributed by atoms with E-state index in [2.05, 4.69) is 5.32 Å². The number of hydrogen-bond donors (Lipinski definition) is 2. The maximum atomic E-state index is 13.1. The molecule has 1 aliphatic heterocycles. The Morgan fingerprint density at radius 2 is 1.97 bits per heavy atom. The van der Waals surface area contributed by atoms with Crippen LogP contribution in [0.1, 0.15) is 46.0 Å². The van der Waals surface area contributed by atoms with Crippen molar-refractivity contribution in [1.82, 2.24) is 4.31 Å². The first kappa shape index (κ1) is 22.3. The maximum absolute atomic E-state index is 13.1. The van der Waals surface area contributed by atoms with Gasteiger partial charge in [0.2, 0.25) is 15.9 Å². The number of carbonyl (C=O) groups excluding carboxylic acids is 2. The lowest BCUT2D eigenvalue weighted by molar-refractivity contribution is 0.0995. The van der Waals surface area contributed by atoms with Gasteiger partial charge in [0, 0.05) is 29.9 Å². The summed E-state index contributed by atoms with van der Waals surface area (Å²) < 4.78 is 27.7. The molecule has 0 spiro atoms. The summed E-state index contributed by atoms with van der Waals surface area (Å²) in [7, 11) is -3.82. The van der Waals surface area contributed by atoms with Crippen LogP contribution in [0.2, 0.25) is 5.02 Å². The van der Waals surface area contributed by atoms with Crippen molar-refractivity contribution in [3.8, 4) is 0 Å². The smallest absolute Gasteiger partial charge is 0.255 e. The number of benzene rings is 2. The largest absolute Gasteiger partial charge is 0.366 e. The monoisotopic (exact) mass is 449 g/mol. The van der Waals surface area contributed by atoms with E-state index in [9.17, 15) is 18.0 Å². The maximum Gasteiger partial charge on any atom is 0.255 e. The number of rotatable bonds is 5. The van der Waals surface area contributed by atoms with Crippen molar-refractivity contribution in [3.05, 3.63) is 58.1 Å². The van der Waals surface area contributed by atoms with Crippen LogP contribution in [0.25, 0.3) is 0 Å². The molecule has 1 aliphatic rings. The minimum atomic E-state index is -3.82. The van der Waals surface area contributed by atoms with Gasteiger partial charge in [0.1, 0.15) is 4.90 Å². The topological polar surface area (TPSA) is 110 Å². The van der Waals surface area contributed by atoms with Crippen molar-refractivity contribution in [2.24, 2.45) is 11.7 Å². The number of nitrogens with two attached hydrogens (primary N) is 1. The van der Waals surface area contributed by atoms with Crippen molar-refractivity contribution < 1.29 is 18.0 Å². The second-order valence-electron chi connectivity index (χ2n) is 7.55. The number of sulfonamides is 1. The van der Waals surface area contributed by atoms with Gasteiger partial charge in [-0.2, -0.15) is 4.31 Å². The molecule has 2 aromatic carbocycles. The third-order valence-electron chi connectivity index (χ3n) is 5.28. The van der Waals surface area contributed by atoms with Gasteiger partial charge in [0.15, 0.2) is 0 Å². The van der Waals surface area contributed by atoms with Crippen LogP contribution in [0.3, 0.4) is 0 Å². The van der Waals surface area contributed by atoms with Crippen LogP contribution in [-0.4, -0.2) is 37.6 Å². The Balaban J connectivity index is 1.91. The summed E-state index contributed by atoms with van der Waals surface area (Å²) in [6.07, 6.45) is 1.76. The first-order valence-electron chi connectivity index (χ1n) is 9.61. The highest BCUT2D eigenvalue weighted by atomic mass is 35.5. The fourth-order valence-corrected chi connectivity index (χ4v) is 5.68. The predicted octanol–water partition coefficient (Wildman–Crippen LogP) is 3.42. The molecule has 0 aliphatic carbocycles. The van der Waals surface area contributed by atoms with Crippen LogP contribution in [0.5, 0.6) is 0 Å². The summed E-state index contributed by atoms with van der Waals surface area (Å²) in [5.41, 5.74) is 6.74. The summed E-state index contributed by atoms with van der Waals surface area (Å²) in [4.78, 5) is 24.2. The summed E-state index contributed by atoms with van der Waals surface area (Å²) in [6.45, 7) is 4.54. The SMILES string of the molecule is Cc1c(NC(=O)c2ccc(Cl)c(S(=O)(=O)N3CCCC(C)C3)c2)cccc1C(N)=O. The van der Waals surface area contributed by atoms with Crippen LogP contribution in [0.4, 0.5) is 5.69 Å². The average Bonchev–Trinajstić information content (AvgIpc) is 2.69. The average molecular weight is 450 g/mol. The van der Waals surface area contributed by atoms with Gasteiger partial charge in [-0.3, -0.25) is 9.59 Å². The van der Waals surface area contributed by atoms with Crippen LogP contribution in [0.15, 0.2) is 41.3 Å². The molecule has 1 heterocycles. The lowest BCUT2D eigenvalue weighted by Gasteiger charge is -2.30. The van der Waals surface area contributed by atoms with Crippen molar-refractivity contribution >= 4 is 39.1 Å². The zero-order valence-electron chi connectivity index (χ0n) is 16.8. The minimum Gasteiger partial charge on any atom is -0.366 e. The quantitative estimate of drug-likeness (QED) is 0.728. The van der Waals surface area contributed by atoms with Crippen LogP contribution in [0, 0.1) is 12.8 Å². The number of piperidine rings is 1. The van der Waals surface area contributed by atoms with E-state index in [0.717, 1.165) is 12.8 Å². The zero-order valence-corrected chi connectivity index (χ0v) is 18.4. The van der Waals surface area contributed by atoms with E-state index in [1.165, 1.54) is 22.5 Å².